The Hall–Kier alpha value is -3.73. The minimum atomic E-state index is 0.408. The van der Waals surface area contributed by atoms with E-state index in [0.717, 1.165) is 22.5 Å². The van der Waals surface area contributed by atoms with E-state index in [1.54, 1.807) is 39.7 Å². The lowest BCUT2D eigenvalue weighted by atomic mass is 10.1. The summed E-state index contributed by atoms with van der Waals surface area (Å²) >= 11 is 0. The molecule has 0 radical (unpaired) electrons. The minimum Gasteiger partial charge on any atom is -0.493 e. The zero-order valence-corrected chi connectivity index (χ0v) is 16.4. The number of rotatable bonds is 6. The summed E-state index contributed by atoms with van der Waals surface area (Å²) in [6.45, 7) is 3.81. The van der Waals surface area contributed by atoms with Crippen LogP contribution >= 0.6 is 0 Å². The monoisotopic (exact) mass is 379 g/mol. The molecule has 28 heavy (non-hydrogen) atoms. The third-order valence-corrected chi connectivity index (χ3v) is 4.38. The largest absolute Gasteiger partial charge is 0.493 e. The molecule has 0 atom stereocenters. The summed E-state index contributed by atoms with van der Waals surface area (Å²) < 4.78 is 16.1. The smallest absolute Gasteiger partial charge is 0.227 e. The average molecular weight is 379 g/mol. The van der Waals surface area contributed by atoms with Gasteiger partial charge in [-0.25, -0.2) is 9.97 Å². The number of nitrogens with zero attached hydrogens (tertiary/aromatic N) is 3. The molecule has 8 heteroatoms. The Bertz CT molecular complexity index is 1030. The van der Waals surface area contributed by atoms with Crippen molar-refractivity contribution in [1.82, 2.24) is 15.0 Å². The SMILES string of the molecule is COc1cc(Nc2nccc(-c3c(C)[nH]c(C#N)c3C)n2)cc(OC)c1OC. The van der Waals surface area contributed by atoms with Crippen molar-refractivity contribution in [1.29, 1.82) is 5.26 Å². The van der Waals surface area contributed by atoms with E-state index < -0.39 is 0 Å². The van der Waals surface area contributed by atoms with Crippen LogP contribution in [0.25, 0.3) is 11.3 Å². The molecule has 0 saturated carbocycles. The van der Waals surface area contributed by atoms with Gasteiger partial charge in [-0.05, 0) is 25.5 Å². The third kappa shape index (κ3) is 3.42. The Morgan fingerprint density at radius 1 is 1.07 bits per heavy atom. The zero-order valence-electron chi connectivity index (χ0n) is 16.4. The van der Waals surface area contributed by atoms with Gasteiger partial charge < -0.3 is 24.5 Å². The summed E-state index contributed by atoms with van der Waals surface area (Å²) in [6.07, 6.45) is 1.67. The maximum atomic E-state index is 9.23. The summed E-state index contributed by atoms with van der Waals surface area (Å²) in [5.41, 5.74) is 4.57. The van der Waals surface area contributed by atoms with Crippen molar-refractivity contribution in [3.05, 3.63) is 41.3 Å². The van der Waals surface area contributed by atoms with E-state index >= 15 is 0 Å². The highest BCUT2D eigenvalue weighted by Crippen LogP contribution is 2.40. The van der Waals surface area contributed by atoms with Gasteiger partial charge in [0, 0.05) is 35.3 Å². The fourth-order valence-corrected chi connectivity index (χ4v) is 3.09. The molecule has 2 heterocycles. The van der Waals surface area contributed by atoms with Crippen LogP contribution in [-0.2, 0) is 0 Å². The lowest BCUT2D eigenvalue weighted by Crippen LogP contribution is -2.01. The molecule has 1 aromatic carbocycles. The topological polar surface area (TPSA) is 105 Å². The standard InChI is InChI=1S/C20H21N5O3/c1-11-15(10-21)23-12(2)18(11)14-6-7-22-20(25-14)24-13-8-16(26-3)19(28-5)17(9-13)27-4/h6-9,23H,1-5H3,(H,22,24,25). The Morgan fingerprint density at radius 2 is 1.75 bits per heavy atom. The van der Waals surface area contributed by atoms with Crippen molar-refractivity contribution in [2.45, 2.75) is 13.8 Å². The van der Waals surface area contributed by atoms with Gasteiger partial charge in [0.25, 0.3) is 0 Å². The van der Waals surface area contributed by atoms with Gasteiger partial charge in [0.1, 0.15) is 11.8 Å². The Labute approximate surface area is 163 Å². The van der Waals surface area contributed by atoms with E-state index in [0.29, 0.717) is 34.6 Å². The van der Waals surface area contributed by atoms with Crippen LogP contribution in [0.15, 0.2) is 24.4 Å². The van der Waals surface area contributed by atoms with Gasteiger partial charge in [-0.2, -0.15) is 5.26 Å². The maximum Gasteiger partial charge on any atom is 0.227 e. The summed E-state index contributed by atoms with van der Waals surface area (Å²) in [7, 11) is 4.67. The third-order valence-electron chi connectivity index (χ3n) is 4.38. The van der Waals surface area contributed by atoms with Crippen LogP contribution in [-0.4, -0.2) is 36.3 Å². The molecule has 8 nitrogen and oxygen atoms in total. The summed E-state index contributed by atoms with van der Waals surface area (Å²) in [5.74, 6) is 1.96. The van der Waals surface area contributed by atoms with E-state index in [4.69, 9.17) is 14.2 Å². The zero-order chi connectivity index (χ0) is 20.3. The number of methoxy groups -OCH3 is 3. The van der Waals surface area contributed by atoms with Crippen molar-refractivity contribution in [2.24, 2.45) is 0 Å². The predicted molar refractivity (Wildman–Crippen MR) is 105 cm³/mol. The molecule has 0 spiro atoms. The lowest BCUT2D eigenvalue weighted by molar-refractivity contribution is 0.324. The van der Waals surface area contributed by atoms with Gasteiger partial charge in [0.2, 0.25) is 11.7 Å². The van der Waals surface area contributed by atoms with Gasteiger partial charge in [0.05, 0.1) is 27.0 Å². The van der Waals surface area contributed by atoms with Crippen molar-refractivity contribution < 1.29 is 14.2 Å². The highest BCUT2D eigenvalue weighted by Gasteiger charge is 2.16. The quantitative estimate of drug-likeness (QED) is 0.672. The van der Waals surface area contributed by atoms with Crippen LogP contribution in [0.3, 0.4) is 0 Å². The Morgan fingerprint density at radius 3 is 2.29 bits per heavy atom. The second-order valence-corrected chi connectivity index (χ2v) is 6.04. The van der Waals surface area contributed by atoms with E-state index in [1.807, 2.05) is 19.9 Å². The molecular formula is C20H21N5O3. The first-order valence-corrected chi connectivity index (χ1v) is 8.52. The van der Waals surface area contributed by atoms with Crippen molar-refractivity contribution in [3.8, 4) is 34.6 Å². The molecule has 0 saturated heterocycles. The van der Waals surface area contributed by atoms with E-state index in [1.165, 1.54) is 0 Å². The first-order chi connectivity index (χ1) is 13.5. The molecule has 0 amide bonds. The molecule has 0 aliphatic rings. The van der Waals surface area contributed by atoms with Crippen LogP contribution < -0.4 is 19.5 Å². The molecule has 0 aliphatic heterocycles. The summed E-state index contributed by atoms with van der Waals surface area (Å²) in [5, 5.41) is 12.4. The normalized spacial score (nSPS) is 10.3. The summed E-state index contributed by atoms with van der Waals surface area (Å²) in [4.78, 5) is 12.0. The number of H-pyrrole nitrogens is 1. The van der Waals surface area contributed by atoms with E-state index in [2.05, 4.69) is 26.3 Å². The fraction of sp³-hybridized carbons (Fsp3) is 0.250. The van der Waals surface area contributed by atoms with Crippen LogP contribution in [0.4, 0.5) is 11.6 Å². The fourth-order valence-electron chi connectivity index (χ4n) is 3.09. The van der Waals surface area contributed by atoms with Crippen LogP contribution in [0.2, 0.25) is 0 Å². The number of hydrogen-bond donors (Lipinski definition) is 2. The molecule has 144 valence electrons. The number of anilines is 2. The molecule has 0 fully saturated rings. The molecule has 0 unspecified atom stereocenters. The predicted octanol–water partition coefficient (Wildman–Crippen LogP) is 3.73. The number of benzene rings is 1. The second kappa shape index (κ2) is 7.88. The van der Waals surface area contributed by atoms with Crippen LogP contribution in [0, 0.1) is 25.2 Å². The highest BCUT2D eigenvalue weighted by molar-refractivity contribution is 5.71. The minimum absolute atomic E-state index is 0.408. The highest BCUT2D eigenvalue weighted by atomic mass is 16.5. The molecule has 3 rings (SSSR count). The lowest BCUT2D eigenvalue weighted by Gasteiger charge is -2.14. The van der Waals surface area contributed by atoms with Gasteiger partial charge in [-0.3, -0.25) is 0 Å². The van der Waals surface area contributed by atoms with E-state index in [-0.39, 0.29) is 0 Å². The number of aryl methyl sites for hydroxylation is 1. The van der Waals surface area contributed by atoms with Gasteiger partial charge in [-0.15, -0.1) is 0 Å². The van der Waals surface area contributed by atoms with Crippen molar-refractivity contribution in [2.75, 3.05) is 26.6 Å². The average Bonchev–Trinajstić information content (AvgIpc) is 3.00. The second-order valence-electron chi connectivity index (χ2n) is 6.04. The molecular weight excluding hydrogens is 358 g/mol. The Kier molecular flexibility index (Phi) is 5.36. The van der Waals surface area contributed by atoms with E-state index in [9.17, 15) is 5.26 Å². The maximum absolute atomic E-state index is 9.23. The van der Waals surface area contributed by atoms with Crippen molar-refractivity contribution in [3.63, 3.8) is 0 Å². The van der Waals surface area contributed by atoms with Gasteiger partial charge >= 0.3 is 0 Å². The van der Waals surface area contributed by atoms with Gasteiger partial charge in [-0.1, -0.05) is 0 Å². The molecule has 2 N–H and O–H groups in total. The van der Waals surface area contributed by atoms with Crippen LogP contribution in [0.5, 0.6) is 17.2 Å². The number of nitriles is 1. The molecule has 2 aromatic heterocycles. The number of nitrogens with one attached hydrogen (secondary N) is 2. The van der Waals surface area contributed by atoms with Gasteiger partial charge in [0.15, 0.2) is 11.5 Å². The first-order valence-electron chi connectivity index (χ1n) is 8.52. The van der Waals surface area contributed by atoms with Crippen molar-refractivity contribution >= 4 is 11.6 Å². The number of aromatic nitrogens is 3. The molecule has 3 aromatic rings. The van der Waals surface area contributed by atoms with Crippen LogP contribution in [0.1, 0.15) is 17.0 Å². The first kappa shape index (κ1) is 19.0. The molecule has 0 bridgehead atoms. The molecule has 0 aliphatic carbocycles. The number of hydrogen-bond acceptors (Lipinski definition) is 7. The number of aromatic amines is 1. The Balaban J connectivity index is 1.99. The summed E-state index contributed by atoms with van der Waals surface area (Å²) in [6, 6.07) is 7.52. The number of ether oxygens (including phenoxy) is 3.